The number of methoxy groups -OCH3 is 2. The van der Waals surface area contributed by atoms with Crippen LogP contribution in [-0.4, -0.2) is 44.2 Å². The minimum atomic E-state index is -0.0917. The van der Waals surface area contributed by atoms with Crippen molar-refractivity contribution in [2.75, 3.05) is 27.4 Å². The van der Waals surface area contributed by atoms with E-state index in [1.807, 2.05) is 24.0 Å². The van der Waals surface area contributed by atoms with Crippen molar-refractivity contribution in [2.24, 2.45) is 5.73 Å². The number of rotatable bonds is 5. The third kappa shape index (κ3) is 3.36. The molecule has 116 valence electrons. The fourth-order valence-electron chi connectivity index (χ4n) is 2.94. The maximum Gasteiger partial charge on any atom is 0.223 e. The van der Waals surface area contributed by atoms with E-state index in [1.54, 1.807) is 14.2 Å². The zero-order valence-electron chi connectivity index (χ0n) is 13.0. The van der Waals surface area contributed by atoms with Gasteiger partial charge in [-0.25, -0.2) is 0 Å². The van der Waals surface area contributed by atoms with E-state index in [2.05, 4.69) is 6.07 Å². The van der Waals surface area contributed by atoms with Crippen molar-refractivity contribution in [3.8, 4) is 5.75 Å². The van der Waals surface area contributed by atoms with Gasteiger partial charge < -0.3 is 20.1 Å². The average Bonchev–Trinajstić information content (AvgIpc) is 2.48. The van der Waals surface area contributed by atoms with Gasteiger partial charge in [0.2, 0.25) is 5.91 Å². The van der Waals surface area contributed by atoms with Gasteiger partial charge in [-0.1, -0.05) is 12.1 Å². The Kier molecular flexibility index (Phi) is 5.20. The molecule has 0 aliphatic carbocycles. The van der Waals surface area contributed by atoms with Gasteiger partial charge in [0.05, 0.1) is 19.8 Å². The smallest absolute Gasteiger partial charge is 0.223 e. The highest BCUT2D eigenvalue weighted by Gasteiger charge is 2.34. The van der Waals surface area contributed by atoms with Gasteiger partial charge in [0, 0.05) is 26.1 Å². The van der Waals surface area contributed by atoms with Crippen molar-refractivity contribution < 1.29 is 14.3 Å². The SMILES string of the molecule is COCCN1C(=O)CCC(N)C1c1ccc(OC)c(C)c1. The van der Waals surface area contributed by atoms with Crippen LogP contribution in [0.25, 0.3) is 0 Å². The van der Waals surface area contributed by atoms with Crippen LogP contribution in [0.3, 0.4) is 0 Å². The van der Waals surface area contributed by atoms with Gasteiger partial charge in [-0.2, -0.15) is 0 Å². The number of aryl methyl sites for hydroxylation is 1. The van der Waals surface area contributed by atoms with Crippen molar-refractivity contribution in [3.05, 3.63) is 29.3 Å². The molecule has 2 unspecified atom stereocenters. The highest BCUT2D eigenvalue weighted by molar-refractivity contribution is 5.78. The molecule has 0 aromatic heterocycles. The van der Waals surface area contributed by atoms with Crippen molar-refractivity contribution in [2.45, 2.75) is 31.8 Å². The van der Waals surface area contributed by atoms with Gasteiger partial charge in [0.15, 0.2) is 0 Å². The van der Waals surface area contributed by atoms with E-state index >= 15 is 0 Å². The summed E-state index contributed by atoms with van der Waals surface area (Å²) < 4.78 is 10.4. The van der Waals surface area contributed by atoms with Gasteiger partial charge in [0.1, 0.15) is 5.75 Å². The number of benzene rings is 1. The summed E-state index contributed by atoms with van der Waals surface area (Å²) in [4.78, 5) is 14.1. The quantitative estimate of drug-likeness (QED) is 0.896. The molecule has 1 saturated heterocycles. The number of ether oxygens (including phenoxy) is 2. The monoisotopic (exact) mass is 292 g/mol. The maximum absolute atomic E-state index is 12.2. The summed E-state index contributed by atoms with van der Waals surface area (Å²) in [6.07, 6.45) is 1.23. The first-order valence-electron chi connectivity index (χ1n) is 7.27. The Bertz CT molecular complexity index is 504. The molecule has 1 aromatic carbocycles. The second kappa shape index (κ2) is 6.91. The predicted molar refractivity (Wildman–Crippen MR) is 81.3 cm³/mol. The molecule has 1 amide bonds. The first-order chi connectivity index (χ1) is 10.1. The van der Waals surface area contributed by atoms with Crippen LogP contribution in [0.5, 0.6) is 5.75 Å². The van der Waals surface area contributed by atoms with E-state index in [0.717, 1.165) is 23.3 Å². The van der Waals surface area contributed by atoms with Gasteiger partial charge in [-0.05, 0) is 30.5 Å². The molecule has 5 nitrogen and oxygen atoms in total. The molecule has 2 N–H and O–H groups in total. The van der Waals surface area contributed by atoms with Gasteiger partial charge >= 0.3 is 0 Å². The number of piperidine rings is 1. The zero-order valence-corrected chi connectivity index (χ0v) is 13.0. The summed E-state index contributed by atoms with van der Waals surface area (Å²) in [5.41, 5.74) is 8.40. The summed E-state index contributed by atoms with van der Waals surface area (Å²) >= 11 is 0. The third-order valence-electron chi connectivity index (χ3n) is 4.05. The number of carbonyl (C=O) groups is 1. The van der Waals surface area contributed by atoms with Crippen LogP contribution in [0.1, 0.15) is 30.0 Å². The van der Waals surface area contributed by atoms with E-state index < -0.39 is 0 Å². The Morgan fingerprint density at radius 2 is 2.14 bits per heavy atom. The molecule has 0 bridgehead atoms. The third-order valence-corrected chi connectivity index (χ3v) is 4.05. The van der Waals surface area contributed by atoms with Gasteiger partial charge in [-0.3, -0.25) is 4.79 Å². The van der Waals surface area contributed by atoms with Crippen LogP contribution in [-0.2, 0) is 9.53 Å². The minimum Gasteiger partial charge on any atom is -0.496 e. The molecule has 21 heavy (non-hydrogen) atoms. The standard InChI is InChI=1S/C16H24N2O3/c1-11-10-12(4-6-14(11)21-3)16-13(17)5-7-15(19)18(16)8-9-20-2/h4,6,10,13,16H,5,7-9,17H2,1-3H3. The fourth-order valence-corrected chi connectivity index (χ4v) is 2.94. The average molecular weight is 292 g/mol. The maximum atomic E-state index is 12.2. The number of nitrogens with zero attached hydrogens (tertiary/aromatic N) is 1. The van der Waals surface area contributed by atoms with E-state index in [-0.39, 0.29) is 18.0 Å². The van der Waals surface area contributed by atoms with Crippen molar-refractivity contribution >= 4 is 5.91 Å². The van der Waals surface area contributed by atoms with E-state index in [4.69, 9.17) is 15.2 Å². The summed E-state index contributed by atoms with van der Waals surface area (Å²) in [6, 6.07) is 5.85. The summed E-state index contributed by atoms with van der Waals surface area (Å²) in [6.45, 7) is 3.08. The Hall–Kier alpha value is -1.59. The molecule has 5 heteroatoms. The lowest BCUT2D eigenvalue weighted by Crippen LogP contribution is -2.49. The van der Waals surface area contributed by atoms with E-state index in [9.17, 15) is 4.79 Å². The molecule has 1 aliphatic heterocycles. The topological polar surface area (TPSA) is 64.8 Å². The lowest BCUT2D eigenvalue weighted by atomic mass is 9.89. The molecule has 0 spiro atoms. The Balaban J connectivity index is 2.31. The van der Waals surface area contributed by atoms with Crippen molar-refractivity contribution in [3.63, 3.8) is 0 Å². The largest absolute Gasteiger partial charge is 0.496 e. The Morgan fingerprint density at radius 3 is 2.76 bits per heavy atom. The molecule has 1 fully saturated rings. The van der Waals surface area contributed by atoms with E-state index in [1.165, 1.54) is 0 Å². The molecule has 1 aromatic rings. The summed E-state index contributed by atoms with van der Waals surface area (Å²) in [5.74, 6) is 0.991. The number of amides is 1. The number of nitrogens with two attached hydrogens (primary N) is 1. The lowest BCUT2D eigenvalue weighted by Gasteiger charge is -2.40. The van der Waals surface area contributed by atoms with Crippen molar-refractivity contribution in [1.82, 2.24) is 4.90 Å². The Labute approximate surface area is 126 Å². The minimum absolute atomic E-state index is 0.0487. The zero-order chi connectivity index (χ0) is 15.4. The molecule has 0 saturated carbocycles. The highest BCUT2D eigenvalue weighted by Crippen LogP contribution is 2.33. The van der Waals surface area contributed by atoms with Crippen LogP contribution < -0.4 is 10.5 Å². The first kappa shape index (κ1) is 15.8. The van der Waals surface area contributed by atoms with Crippen LogP contribution in [0, 0.1) is 6.92 Å². The molecule has 2 atom stereocenters. The predicted octanol–water partition coefficient (Wildman–Crippen LogP) is 1.64. The number of hydrogen-bond acceptors (Lipinski definition) is 4. The van der Waals surface area contributed by atoms with Crippen LogP contribution in [0.15, 0.2) is 18.2 Å². The molecule has 2 rings (SSSR count). The molecule has 0 radical (unpaired) electrons. The molecular weight excluding hydrogens is 268 g/mol. The van der Waals surface area contributed by atoms with Gasteiger partial charge in [-0.15, -0.1) is 0 Å². The lowest BCUT2D eigenvalue weighted by molar-refractivity contribution is -0.138. The normalized spacial score (nSPS) is 22.5. The van der Waals surface area contributed by atoms with Gasteiger partial charge in [0.25, 0.3) is 0 Å². The number of carbonyl (C=O) groups excluding carboxylic acids is 1. The first-order valence-corrected chi connectivity index (χ1v) is 7.27. The van der Waals surface area contributed by atoms with Crippen LogP contribution in [0.4, 0.5) is 0 Å². The summed E-state index contributed by atoms with van der Waals surface area (Å²) in [5, 5.41) is 0. The fraction of sp³-hybridized carbons (Fsp3) is 0.562. The Morgan fingerprint density at radius 1 is 1.38 bits per heavy atom. The second-order valence-corrected chi connectivity index (χ2v) is 5.46. The number of likely N-dealkylation sites (tertiary alicyclic amines) is 1. The molecular formula is C16H24N2O3. The number of hydrogen-bond donors (Lipinski definition) is 1. The molecule has 1 heterocycles. The van der Waals surface area contributed by atoms with Crippen LogP contribution >= 0.6 is 0 Å². The second-order valence-electron chi connectivity index (χ2n) is 5.46. The van der Waals surface area contributed by atoms with Crippen LogP contribution in [0.2, 0.25) is 0 Å². The highest BCUT2D eigenvalue weighted by atomic mass is 16.5. The van der Waals surface area contributed by atoms with E-state index in [0.29, 0.717) is 19.6 Å². The molecule has 1 aliphatic rings. The summed E-state index contributed by atoms with van der Waals surface area (Å²) in [7, 11) is 3.30. The van der Waals surface area contributed by atoms with Crippen molar-refractivity contribution in [1.29, 1.82) is 0 Å².